The van der Waals surface area contributed by atoms with Crippen molar-refractivity contribution >= 4 is 5.69 Å². The Balaban J connectivity index is 1.73. The summed E-state index contributed by atoms with van der Waals surface area (Å²) in [6.07, 6.45) is 2.47. The SMILES string of the molecule is CCNc1cnn(CC2Cc3cc(C)ccc3O2)c(=O)c1. The highest BCUT2D eigenvalue weighted by Crippen LogP contribution is 2.29. The Kier molecular flexibility index (Phi) is 3.64. The Morgan fingerprint density at radius 1 is 1.43 bits per heavy atom. The van der Waals surface area contributed by atoms with Gasteiger partial charge in [0, 0.05) is 19.0 Å². The number of hydrogen-bond acceptors (Lipinski definition) is 4. The standard InChI is InChI=1S/C16H19N3O2/c1-3-17-13-8-16(20)19(18-9-13)10-14-7-12-6-11(2)4-5-15(12)21-14/h4-6,8-9,14,17H,3,7,10H2,1-2H3. The molecule has 1 aromatic carbocycles. The zero-order valence-electron chi connectivity index (χ0n) is 12.3. The Bertz CT molecular complexity index is 709. The fourth-order valence-corrected chi connectivity index (χ4v) is 2.62. The normalized spacial score (nSPS) is 16.4. The molecule has 3 rings (SSSR count). The fourth-order valence-electron chi connectivity index (χ4n) is 2.62. The highest BCUT2D eigenvalue weighted by atomic mass is 16.5. The van der Waals surface area contributed by atoms with Crippen LogP contribution in [0.25, 0.3) is 0 Å². The lowest BCUT2D eigenvalue weighted by Crippen LogP contribution is -2.30. The van der Waals surface area contributed by atoms with Crippen LogP contribution in [0.5, 0.6) is 5.75 Å². The molecule has 0 bridgehead atoms. The molecule has 0 spiro atoms. The van der Waals surface area contributed by atoms with Gasteiger partial charge in [-0.15, -0.1) is 0 Å². The van der Waals surface area contributed by atoms with Crippen LogP contribution in [0.1, 0.15) is 18.1 Å². The van der Waals surface area contributed by atoms with Crippen molar-refractivity contribution in [1.29, 1.82) is 0 Å². The number of ether oxygens (including phenoxy) is 1. The maximum absolute atomic E-state index is 12.0. The molecule has 5 nitrogen and oxygen atoms in total. The summed E-state index contributed by atoms with van der Waals surface area (Å²) in [5.74, 6) is 0.919. The van der Waals surface area contributed by atoms with Gasteiger partial charge in [-0.2, -0.15) is 5.10 Å². The number of aryl methyl sites for hydroxylation is 1. The van der Waals surface area contributed by atoms with Gasteiger partial charge in [0.15, 0.2) is 0 Å². The second-order valence-corrected chi connectivity index (χ2v) is 5.35. The molecule has 1 N–H and O–H groups in total. The third-order valence-corrected chi connectivity index (χ3v) is 3.58. The first-order valence-corrected chi connectivity index (χ1v) is 7.23. The Morgan fingerprint density at radius 3 is 3.05 bits per heavy atom. The van der Waals surface area contributed by atoms with Crippen molar-refractivity contribution in [1.82, 2.24) is 9.78 Å². The van der Waals surface area contributed by atoms with E-state index in [1.165, 1.54) is 15.8 Å². The number of nitrogens with one attached hydrogen (secondary N) is 1. The molecule has 1 atom stereocenters. The van der Waals surface area contributed by atoms with E-state index < -0.39 is 0 Å². The first-order chi connectivity index (χ1) is 10.2. The molecule has 0 saturated carbocycles. The summed E-state index contributed by atoms with van der Waals surface area (Å²) in [6, 6.07) is 7.74. The fraction of sp³-hybridized carbons (Fsp3) is 0.375. The topological polar surface area (TPSA) is 56.1 Å². The number of benzene rings is 1. The molecule has 1 aliphatic rings. The minimum Gasteiger partial charge on any atom is -0.488 e. The minimum absolute atomic E-state index is 0.0306. The Labute approximate surface area is 123 Å². The van der Waals surface area contributed by atoms with Gasteiger partial charge in [-0.1, -0.05) is 17.7 Å². The van der Waals surface area contributed by atoms with Gasteiger partial charge < -0.3 is 10.1 Å². The molecule has 0 saturated heterocycles. The maximum Gasteiger partial charge on any atom is 0.268 e. The molecule has 5 heteroatoms. The van der Waals surface area contributed by atoms with Gasteiger partial charge in [0.1, 0.15) is 11.9 Å². The van der Waals surface area contributed by atoms with E-state index in [1.807, 2.05) is 19.1 Å². The number of anilines is 1. The number of hydrogen-bond donors (Lipinski definition) is 1. The lowest BCUT2D eigenvalue weighted by molar-refractivity contribution is 0.200. The number of fused-ring (bicyclic) bond motifs is 1. The summed E-state index contributed by atoms with van der Waals surface area (Å²) in [6.45, 7) is 5.29. The molecular weight excluding hydrogens is 266 g/mol. The van der Waals surface area contributed by atoms with Gasteiger partial charge in [0.2, 0.25) is 0 Å². The highest BCUT2D eigenvalue weighted by molar-refractivity contribution is 5.40. The lowest BCUT2D eigenvalue weighted by Gasteiger charge is -2.12. The van der Waals surface area contributed by atoms with Crippen LogP contribution in [0.15, 0.2) is 35.3 Å². The minimum atomic E-state index is -0.107. The first kappa shape index (κ1) is 13.7. The summed E-state index contributed by atoms with van der Waals surface area (Å²) >= 11 is 0. The van der Waals surface area contributed by atoms with Crippen LogP contribution in [-0.4, -0.2) is 22.4 Å². The molecule has 2 heterocycles. The molecule has 0 aliphatic carbocycles. The van der Waals surface area contributed by atoms with Gasteiger partial charge in [-0.25, -0.2) is 4.68 Å². The van der Waals surface area contributed by atoms with Gasteiger partial charge in [0.05, 0.1) is 18.4 Å². The first-order valence-electron chi connectivity index (χ1n) is 7.23. The van der Waals surface area contributed by atoms with E-state index in [1.54, 1.807) is 12.3 Å². The number of aromatic nitrogens is 2. The molecule has 2 aromatic rings. The Morgan fingerprint density at radius 2 is 2.29 bits per heavy atom. The van der Waals surface area contributed by atoms with E-state index in [0.717, 1.165) is 24.4 Å². The maximum atomic E-state index is 12.0. The van der Waals surface area contributed by atoms with Gasteiger partial charge in [-0.05, 0) is 25.5 Å². The average Bonchev–Trinajstić information content (AvgIpc) is 2.83. The van der Waals surface area contributed by atoms with Gasteiger partial charge in [-0.3, -0.25) is 4.79 Å². The van der Waals surface area contributed by atoms with Crippen molar-refractivity contribution in [3.63, 3.8) is 0 Å². The van der Waals surface area contributed by atoms with E-state index in [-0.39, 0.29) is 11.7 Å². The second kappa shape index (κ2) is 5.60. The summed E-state index contributed by atoms with van der Waals surface area (Å²) in [5.41, 5.74) is 3.08. The van der Waals surface area contributed by atoms with Crippen molar-refractivity contribution in [3.05, 3.63) is 51.9 Å². The van der Waals surface area contributed by atoms with Crippen LogP contribution >= 0.6 is 0 Å². The molecule has 1 unspecified atom stereocenters. The molecule has 1 aromatic heterocycles. The zero-order chi connectivity index (χ0) is 14.8. The van der Waals surface area contributed by atoms with Crippen LogP contribution in [-0.2, 0) is 13.0 Å². The van der Waals surface area contributed by atoms with Crippen molar-refractivity contribution in [3.8, 4) is 5.75 Å². The van der Waals surface area contributed by atoms with Crippen molar-refractivity contribution in [2.75, 3.05) is 11.9 Å². The van der Waals surface area contributed by atoms with Gasteiger partial charge in [0.25, 0.3) is 5.56 Å². The van der Waals surface area contributed by atoms with Crippen molar-refractivity contribution in [2.24, 2.45) is 0 Å². The van der Waals surface area contributed by atoms with Gasteiger partial charge >= 0.3 is 0 Å². The summed E-state index contributed by atoms with van der Waals surface area (Å²) < 4.78 is 7.35. The van der Waals surface area contributed by atoms with Crippen LogP contribution in [0.4, 0.5) is 5.69 Å². The lowest BCUT2D eigenvalue weighted by atomic mass is 10.1. The highest BCUT2D eigenvalue weighted by Gasteiger charge is 2.23. The van der Waals surface area contributed by atoms with Crippen LogP contribution in [0.3, 0.4) is 0 Å². The predicted molar refractivity (Wildman–Crippen MR) is 82.0 cm³/mol. The number of rotatable bonds is 4. The molecule has 0 radical (unpaired) electrons. The number of nitrogens with zero attached hydrogens (tertiary/aromatic N) is 2. The van der Waals surface area contributed by atoms with E-state index in [0.29, 0.717) is 6.54 Å². The molecule has 0 fully saturated rings. The van der Waals surface area contributed by atoms with E-state index in [9.17, 15) is 4.79 Å². The predicted octanol–water partition coefficient (Wildman–Crippen LogP) is 1.99. The quantitative estimate of drug-likeness (QED) is 0.933. The molecule has 1 aliphatic heterocycles. The van der Waals surface area contributed by atoms with Crippen LogP contribution in [0.2, 0.25) is 0 Å². The molecule has 110 valence electrons. The van der Waals surface area contributed by atoms with E-state index >= 15 is 0 Å². The summed E-state index contributed by atoms with van der Waals surface area (Å²) in [5, 5.41) is 7.28. The smallest absolute Gasteiger partial charge is 0.268 e. The molecule has 21 heavy (non-hydrogen) atoms. The van der Waals surface area contributed by atoms with Crippen molar-refractivity contribution < 1.29 is 4.74 Å². The van der Waals surface area contributed by atoms with E-state index in [4.69, 9.17) is 4.74 Å². The average molecular weight is 285 g/mol. The van der Waals surface area contributed by atoms with Crippen LogP contribution in [0, 0.1) is 6.92 Å². The third kappa shape index (κ3) is 2.91. The molecule has 0 amide bonds. The monoisotopic (exact) mass is 285 g/mol. The van der Waals surface area contributed by atoms with E-state index in [2.05, 4.69) is 23.4 Å². The molecular formula is C16H19N3O2. The zero-order valence-corrected chi connectivity index (χ0v) is 12.3. The second-order valence-electron chi connectivity index (χ2n) is 5.35. The Hall–Kier alpha value is -2.30. The van der Waals surface area contributed by atoms with Crippen molar-refractivity contribution in [2.45, 2.75) is 32.9 Å². The summed E-state index contributed by atoms with van der Waals surface area (Å²) in [4.78, 5) is 12.0. The summed E-state index contributed by atoms with van der Waals surface area (Å²) in [7, 11) is 0. The largest absolute Gasteiger partial charge is 0.488 e. The van der Waals surface area contributed by atoms with Crippen LogP contribution < -0.4 is 15.6 Å². The third-order valence-electron chi connectivity index (χ3n) is 3.58.